The lowest BCUT2D eigenvalue weighted by atomic mass is 9.87. The van der Waals surface area contributed by atoms with E-state index in [1.54, 1.807) is 7.05 Å². The van der Waals surface area contributed by atoms with Gasteiger partial charge in [-0.3, -0.25) is 9.67 Å². The lowest BCUT2D eigenvalue weighted by Gasteiger charge is -2.20. The summed E-state index contributed by atoms with van der Waals surface area (Å²) in [6.07, 6.45) is 0.905. The summed E-state index contributed by atoms with van der Waals surface area (Å²) in [6.45, 7) is 14.2. The highest BCUT2D eigenvalue weighted by Gasteiger charge is 2.15. The van der Waals surface area contributed by atoms with Crippen molar-refractivity contribution in [2.75, 3.05) is 20.2 Å². The molecule has 2 rings (SSSR count). The summed E-state index contributed by atoms with van der Waals surface area (Å²) in [5.74, 6) is 1.68. The second-order valence-electron chi connectivity index (χ2n) is 8.65. The number of hydrogen-bond donors (Lipinski definition) is 2. The molecule has 0 radical (unpaired) electrons. The number of aromatic nitrogens is 2. The van der Waals surface area contributed by atoms with E-state index in [4.69, 9.17) is 4.74 Å². The third-order valence-electron chi connectivity index (χ3n) is 5.14. The summed E-state index contributed by atoms with van der Waals surface area (Å²) in [5.41, 5.74) is 4.99. The predicted molar refractivity (Wildman–Crippen MR) is 121 cm³/mol. The minimum Gasteiger partial charge on any atom is -0.492 e. The van der Waals surface area contributed by atoms with Gasteiger partial charge in [-0.15, -0.1) is 0 Å². The van der Waals surface area contributed by atoms with Gasteiger partial charge in [0.25, 0.3) is 0 Å². The molecule has 0 spiro atoms. The van der Waals surface area contributed by atoms with Crippen LogP contribution in [0, 0.1) is 13.8 Å². The van der Waals surface area contributed by atoms with Crippen molar-refractivity contribution < 1.29 is 4.74 Å². The number of nitrogens with one attached hydrogen (secondary N) is 2. The van der Waals surface area contributed by atoms with E-state index in [1.165, 1.54) is 16.8 Å². The summed E-state index contributed by atoms with van der Waals surface area (Å²) in [5, 5.41) is 11.3. The first-order valence-electron chi connectivity index (χ1n) is 10.3. The second kappa shape index (κ2) is 9.81. The second-order valence-corrected chi connectivity index (χ2v) is 8.65. The van der Waals surface area contributed by atoms with Gasteiger partial charge in [0.15, 0.2) is 5.96 Å². The maximum Gasteiger partial charge on any atom is 0.191 e. The molecule has 1 aromatic heterocycles. The molecule has 1 heterocycles. The molecular formula is C23H37N5O. The number of hydrogen-bond acceptors (Lipinski definition) is 3. The van der Waals surface area contributed by atoms with Gasteiger partial charge in [-0.1, -0.05) is 32.9 Å². The molecule has 0 bridgehead atoms. The Morgan fingerprint density at radius 3 is 2.59 bits per heavy atom. The van der Waals surface area contributed by atoms with Crippen LogP contribution in [-0.4, -0.2) is 42.0 Å². The van der Waals surface area contributed by atoms with E-state index >= 15 is 0 Å². The first-order chi connectivity index (χ1) is 13.6. The predicted octanol–water partition coefficient (Wildman–Crippen LogP) is 3.51. The molecule has 1 unspecified atom stereocenters. The van der Waals surface area contributed by atoms with Gasteiger partial charge >= 0.3 is 0 Å². The number of guanidine groups is 1. The van der Waals surface area contributed by atoms with Gasteiger partial charge in [-0.05, 0) is 55.9 Å². The summed E-state index contributed by atoms with van der Waals surface area (Å²) >= 11 is 0. The molecule has 0 saturated heterocycles. The molecule has 160 valence electrons. The van der Waals surface area contributed by atoms with E-state index in [2.05, 4.69) is 74.4 Å². The molecule has 2 aromatic rings. The third kappa shape index (κ3) is 6.51. The molecule has 29 heavy (non-hydrogen) atoms. The van der Waals surface area contributed by atoms with E-state index in [1.807, 2.05) is 23.9 Å². The van der Waals surface area contributed by atoms with Crippen molar-refractivity contribution in [3.8, 4) is 5.75 Å². The Bertz CT molecular complexity index is 832. The highest BCUT2D eigenvalue weighted by molar-refractivity contribution is 5.79. The summed E-state index contributed by atoms with van der Waals surface area (Å²) in [7, 11) is 3.78. The largest absolute Gasteiger partial charge is 0.492 e. The molecule has 1 aromatic carbocycles. The first-order valence-corrected chi connectivity index (χ1v) is 10.3. The van der Waals surface area contributed by atoms with Crippen molar-refractivity contribution >= 4 is 5.96 Å². The van der Waals surface area contributed by atoms with Crippen LogP contribution in [0.5, 0.6) is 5.75 Å². The van der Waals surface area contributed by atoms with Crippen molar-refractivity contribution in [2.45, 2.75) is 59.4 Å². The summed E-state index contributed by atoms with van der Waals surface area (Å²) < 4.78 is 7.86. The maximum absolute atomic E-state index is 5.92. The Morgan fingerprint density at radius 2 is 2.00 bits per heavy atom. The highest BCUT2D eigenvalue weighted by atomic mass is 16.5. The normalized spacial score (nSPS) is 13.3. The van der Waals surface area contributed by atoms with Crippen molar-refractivity contribution in [3.63, 3.8) is 0 Å². The Balaban J connectivity index is 1.80. The Morgan fingerprint density at radius 1 is 1.28 bits per heavy atom. The van der Waals surface area contributed by atoms with E-state index in [0.717, 1.165) is 23.8 Å². The van der Waals surface area contributed by atoms with Crippen molar-refractivity contribution in [1.82, 2.24) is 20.4 Å². The van der Waals surface area contributed by atoms with Crippen LogP contribution in [-0.2, 0) is 18.9 Å². The fourth-order valence-corrected chi connectivity index (χ4v) is 3.29. The van der Waals surface area contributed by atoms with Crippen LogP contribution in [0.1, 0.15) is 50.2 Å². The van der Waals surface area contributed by atoms with Gasteiger partial charge in [-0.2, -0.15) is 5.10 Å². The lowest BCUT2D eigenvalue weighted by molar-refractivity contribution is 0.321. The molecule has 6 heteroatoms. The van der Waals surface area contributed by atoms with Crippen LogP contribution in [0.2, 0.25) is 0 Å². The average molecular weight is 400 g/mol. The molecule has 0 fully saturated rings. The highest BCUT2D eigenvalue weighted by Crippen LogP contribution is 2.25. The summed E-state index contributed by atoms with van der Waals surface area (Å²) in [6, 6.07) is 8.56. The molecule has 0 aliphatic rings. The standard InChI is InChI=1S/C23H37N5O/c1-16(14-21-17(2)27-28(8)18(21)3)26-22(24-7)25-12-13-29-20-11-9-10-19(15-20)23(4,5)6/h9-11,15-16H,12-14H2,1-8H3,(H2,24,25,26). The molecule has 6 nitrogen and oxygen atoms in total. The smallest absolute Gasteiger partial charge is 0.191 e. The van der Waals surface area contributed by atoms with Crippen molar-refractivity contribution in [1.29, 1.82) is 0 Å². The van der Waals surface area contributed by atoms with Crippen LogP contribution in [0.3, 0.4) is 0 Å². The SMILES string of the molecule is CN=C(NCCOc1cccc(C(C)(C)C)c1)NC(C)Cc1c(C)nn(C)c1C. The first kappa shape index (κ1) is 22.8. The average Bonchev–Trinajstić information content (AvgIpc) is 2.89. The van der Waals surface area contributed by atoms with Gasteiger partial charge in [0.05, 0.1) is 12.2 Å². The van der Waals surface area contributed by atoms with Crippen LogP contribution < -0.4 is 15.4 Å². The molecule has 1 atom stereocenters. The van der Waals surface area contributed by atoms with E-state index < -0.39 is 0 Å². The molecule has 0 amide bonds. The van der Waals surface area contributed by atoms with Crippen LogP contribution in [0.4, 0.5) is 0 Å². The maximum atomic E-state index is 5.92. The molecule has 0 saturated carbocycles. The Kier molecular flexibility index (Phi) is 7.71. The quantitative estimate of drug-likeness (QED) is 0.425. The number of ether oxygens (including phenoxy) is 1. The van der Waals surface area contributed by atoms with E-state index in [-0.39, 0.29) is 11.5 Å². The van der Waals surface area contributed by atoms with Crippen LogP contribution >= 0.6 is 0 Å². The minimum atomic E-state index is 0.116. The lowest BCUT2D eigenvalue weighted by Crippen LogP contribution is -2.44. The van der Waals surface area contributed by atoms with Gasteiger partial charge < -0.3 is 15.4 Å². The zero-order chi connectivity index (χ0) is 21.6. The number of benzene rings is 1. The van der Waals surface area contributed by atoms with Crippen molar-refractivity contribution in [2.24, 2.45) is 12.0 Å². The topological polar surface area (TPSA) is 63.5 Å². The monoisotopic (exact) mass is 399 g/mol. The van der Waals surface area contributed by atoms with Gasteiger partial charge in [-0.25, -0.2) is 0 Å². The Labute approximate surface area is 175 Å². The fourth-order valence-electron chi connectivity index (χ4n) is 3.29. The zero-order valence-electron chi connectivity index (χ0n) is 19.3. The van der Waals surface area contributed by atoms with Crippen LogP contribution in [0.25, 0.3) is 0 Å². The van der Waals surface area contributed by atoms with Crippen LogP contribution in [0.15, 0.2) is 29.3 Å². The van der Waals surface area contributed by atoms with Gasteiger partial charge in [0.1, 0.15) is 12.4 Å². The van der Waals surface area contributed by atoms with Gasteiger partial charge in [0.2, 0.25) is 0 Å². The number of nitrogens with zero attached hydrogens (tertiary/aromatic N) is 3. The molecular weight excluding hydrogens is 362 g/mol. The molecule has 0 aliphatic heterocycles. The molecule has 2 N–H and O–H groups in total. The third-order valence-corrected chi connectivity index (χ3v) is 5.14. The molecule has 0 aliphatic carbocycles. The Hall–Kier alpha value is -2.50. The number of aryl methyl sites for hydroxylation is 2. The zero-order valence-corrected chi connectivity index (χ0v) is 19.3. The van der Waals surface area contributed by atoms with E-state index in [0.29, 0.717) is 13.2 Å². The fraction of sp³-hybridized carbons (Fsp3) is 0.565. The minimum absolute atomic E-state index is 0.116. The van der Waals surface area contributed by atoms with Gasteiger partial charge in [0, 0.05) is 25.8 Å². The van der Waals surface area contributed by atoms with E-state index in [9.17, 15) is 0 Å². The van der Waals surface area contributed by atoms with Crippen molar-refractivity contribution in [3.05, 3.63) is 46.8 Å². The number of rotatable bonds is 7. The number of aliphatic imine (C=N–C) groups is 1. The summed E-state index contributed by atoms with van der Waals surface area (Å²) in [4.78, 5) is 4.33.